The number of fused-ring (bicyclic) bond motifs is 3. The zero-order valence-corrected chi connectivity index (χ0v) is 21.4. The summed E-state index contributed by atoms with van der Waals surface area (Å²) in [7, 11) is 3.78. The Morgan fingerprint density at radius 2 is 1.80 bits per heavy atom. The number of rotatable bonds is 7. The van der Waals surface area contributed by atoms with Gasteiger partial charge < -0.3 is 19.1 Å². The monoisotopic (exact) mass is 508 g/mol. The third-order valence-corrected chi connectivity index (χ3v) is 6.90. The minimum absolute atomic E-state index is 0.222. The Hall–Kier alpha value is -2.45. The fraction of sp³-hybridized carbons (Fsp3) is 0.500. The summed E-state index contributed by atoms with van der Waals surface area (Å²) < 4.78 is 45.1. The van der Waals surface area contributed by atoms with Crippen LogP contribution in [0.2, 0.25) is 5.02 Å². The van der Waals surface area contributed by atoms with E-state index in [9.17, 15) is 13.2 Å². The number of nitrogens with zero attached hydrogens (tertiary/aromatic N) is 4. The summed E-state index contributed by atoms with van der Waals surface area (Å²) in [5.41, 5.74) is 4.66. The third kappa shape index (κ3) is 5.38. The predicted molar refractivity (Wildman–Crippen MR) is 135 cm³/mol. The van der Waals surface area contributed by atoms with Gasteiger partial charge in [-0.3, -0.25) is 0 Å². The van der Waals surface area contributed by atoms with Crippen LogP contribution in [0.4, 0.5) is 24.8 Å². The molecule has 9 heteroatoms. The van der Waals surface area contributed by atoms with E-state index in [1.54, 1.807) is 6.07 Å². The molecule has 0 fully saturated rings. The van der Waals surface area contributed by atoms with Gasteiger partial charge in [0.2, 0.25) is 5.95 Å². The first-order chi connectivity index (χ1) is 16.6. The fourth-order valence-corrected chi connectivity index (χ4v) is 5.25. The number of hydrogen-bond acceptors (Lipinski definition) is 4. The molecule has 1 aliphatic rings. The van der Waals surface area contributed by atoms with Crippen molar-refractivity contribution in [3.05, 3.63) is 46.5 Å². The highest BCUT2D eigenvalue weighted by atomic mass is 35.5. The average molecular weight is 509 g/mol. The maximum atomic E-state index is 12.9. The molecule has 0 saturated carbocycles. The summed E-state index contributed by atoms with van der Waals surface area (Å²) in [5, 5.41) is 0.609. The summed E-state index contributed by atoms with van der Waals surface area (Å²) in [6, 6.07) is 8.60. The van der Waals surface area contributed by atoms with Crippen molar-refractivity contribution in [2.24, 2.45) is 0 Å². The SMILES string of the molecule is CCC(CC)c1ccc(Cl)c2nc3n(c12)CCCCN3c1ccc(OC(F)(F)F)cc1CN(C)C. The van der Waals surface area contributed by atoms with Gasteiger partial charge in [0.1, 0.15) is 11.3 Å². The Balaban J connectivity index is 1.89. The molecular formula is C26H32ClF3N4O. The van der Waals surface area contributed by atoms with Crippen LogP contribution in [-0.4, -0.2) is 41.5 Å². The van der Waals surface area contributed by atoms with Crippen molar-refractivity contribution in [1.82, 2.24) is 14.5 Å². The van der Waals surface area contributed by atoms with Gasteiger partial charge in [-0.2, -0.15) is 0 Å². The molecule has 0 amide bonds. The molecule has 2 aromatic carbocycles. The number of aromatic nitrogens is 2. The molecule has 0 aliphatic carbocycles. The fourth-order valence-electron chi connectivity index (χ4n) is 5.05. The molecular weight excluding hydrogens is 477 g/mol. The Morgan fingerprint density at radius 1 is 1.09 bits per heavy atom. The predicted octanol–water partition coefficient (Wildman–Crippen LogP) is 7.49. The summed E-state index contributed by atoms with van der Waals surface area (Å²) in [5.74, 6) is 0.957. The zero-order valence-electron chi connectivity index (χ0n) is 20.6. The normalized spacial score (nSPS) is 14.6. The first-order valence-electron chi connectivity index (χ1n) is 12.1. The van der Waals surface area contributed by atoms with Crippen molar-refractivity contribution in [3.8, 4) is 5.75 Å². The van der Waals surface area contributed by atoms with E-state index in [0.717, 1.165) is 60.5 Å². The van der Waals surface area contributed by atoms with Gasteiger partial charge in [-0.05, 0) is 81.1 Å². The van der Waals surface area contributed by atoms with Crippen molar-refractivity contribution < 1.29 is 17.9 Å². The highest BCUT2D eigenvalue weighted by molar-refractivity contribution is 6.35. The quantitative estimate of drug-likeness (QED) is 0.331. The molecule has 2 heterocycles. The molecule has 0 bridgehead atoms. The van der Waals surface area contributed by atoms with Crippen LogP contribution >= 0.6 is 11.6 Å². The number of benzene rings is 2. The van der Waals surface area contributed by atoms with Gasteiger partial charge >= 0.3 is 6.36 Å². The van der Waals surface area contributed by atoms with Crippen LogP contribution in [0.5, 0.6) is 5.75 Å². The van der Waals surface area contributed by atoms with E-state index in [2.05, 4.69) is 34.1 Å². The molecule has 0 N–H and O–H groups in total. The number of halogens is 4. The Bertz CT molecular complexity index is 1190. The summed E-state index contributed by atoms with van der Waals surface area (Å²) in [6.07, 6.45) is -0.790. The maximum Gasteiger partial charge on any atom is 0.573 e. The highest BCUT2D eigenvalue weighted by Gasteiger charge is 2.32. The summed E-state index contributed by atoms with van der Waals surface area (Å²) in [6.45, 7) is 6.37. The number of anilines is 2. The molecule has 0 saturated heterocycles. The molecule has 4 rings (SSSR count). The van der Waals surface area contributed by atoms with E-state index >= 15 is 0 Å². The molecule has 5 nitrogen and oxygen atoms in total. The van der Waals surface area contributed by atoms with Crippen molar-refractivity contribution in [3.63, 3.8) is 0 Å². The van der Waals surface area contributed by atoms with Gasteiger partial charge in [-0.25, -0.2) is 4.98 Å². The molecule has 190 valence electrons. The second-order valence-corrected chi connectivity index (χ2v) is 9.75. The van der Waals surface area contributed by atoms with Gasteiger partial charge in [0.25, 0.3) is 0 Å². The van der Waals surface area contributed by atoms with Crippen LogP contribution in [-0.2, 0) is 13.1 Å². The molecule has 1 aromatic heterocycles. The van der Waals surface area contributed by atoms with Crippen molar-refractivity contribution in [2.75, 3.05) is 25.5 Å². The van der Waals surface area contributed by atoms with Gasteiger partial charge in [0.15, 0.2) is 0 Å². The van der Waals surface area contributed by atoms with Crippen LogP contribution in [0.25, 0.3) is 11.0 Å². The Kier molecular flexibility index (Phi) is 7.52. The number of alkyl halides is 3. The maximum absolute atomic E-state index is 12.9. The molecule has 0 radical (unpaired) electrons. The molecule has 0 spiro atoms. The van der Waals surface area contributed by atoms with E-state index in [0.29, 0.717) is 24.0 Å². The van der Waals surface area contributed by atoms with E-state index < -0.39 is 6.36 Å². The Labute approximate surface area is 209 Å². The zero-order chi connectivity index (χ0) is 25.3. The first kappa shape index (κ1) is 25.6. The topological polar surface area (TPSA) is 33.5 Å². The minimum Gasteiger partial charge on any atom is -0.406 e. The lowest BCUT2D eigenvalue weighted by atomic mass is 9.93. The summed E-state index contributed by atoms with van der Waals surface area (Å²) >= 11 is 6.63. The lowest BCUT2D eigenvalue weighted by Crippen LogP contribution is -2.23. The first-order valence-corrected chi connectivity index (χ1v) is 12.5. The Morgan fingerprint density at radius 3 is 2.46 bits per heavy atom. The molecule has 0 unspecified atom stereocenters. The number of ether oxygens (including phenoxy) is 1. The summed E-state index contributed by atoms with van der Waals surface area (Å²) in [4.78, 5) is 9.07. The van der Waals surface area contributed by atoms with Crippen molar-refractivity contribution in [1.29, 1.82) is 0 Å². The van der Waals surface area contributed by atoms with Gasteiger partial charge in [-0.1, -0.05) is 31.5 Å². The van der Waals surface area contributed by atoms with E-state index in [4.69, 9.17) is 16.6 Å². The average Bonchev–Trinajstić information content (AvgIpc) is 3.03. The molecule has 0 atom stereocenters. The highest BCUT2D eigenvalue weighted by Crippen LogP contribution is 2.40. The number of hydrogen-bond donors (Lipinski definition) is 0. The van der Waals surface area contributed by atoms with Crippen LogP contribution in [0.1, 0.15) is 56.6 Å². The van der Waals surface area contributed by atoms with Gasteiger partial charge in [0, 0.05) is 25.3 Å². The van der Waals surface area contributed by atoms with Gasteiger partial charge in [0.05, 0.1) is 10.5 Å². The van der Waals surface area contributed by atoms with Crippen molar-refractivity contribution >= 4 is 34.3 Å². The molecule has 1 aliphatic heterocycles. The smallest absolute Gasteiger partial charge is 0.406 e. The number of imidazole rings is 1. The van der Waals surface area contributed by atoms with Crippen LogP contribution in [0, 0.1) is 0 Å². The van der Waals surface area contributed by atoms with E-state index in [1.807, 2.05) is 25.1 Å². The standard InChI is InChI=1S/C26H32ClF3N4O/c1-5-17(6-2)20-10-11-21(27)23-24(20)34-14-8-7-13-33(25(34)31-23)22-12-9-19(35-26(28,29)30)15-18(22)16-32(3)4/h9-12,15,17H,5-8,13-14,16H2,1-4H3. The van der Waals surface area contributed by atoms with Crippen LogP contribution in [0.3, 0.4) is 0 Å². The van der Waals surface area contributed by atoms with E-state index in [1.165, 1.54) is 17.7 Å². The second-order valence-electron chi connectivity index (χ2n) is 9.35. The van der Waals surface area contributed by atoms with Crippen LogP contribution in [0.15, 0.2) is 30.3 Å². The van der Waals surface area contributed by atoms with Crippen LogP contribution < -0.4 is 9.64 Å². The molecule has 3 aromatic rings. The lowest BCUT2D eigenvalue weighted by Gasteiger charge is -2.26. The molecule has 35 heavy (non-hydrogen) atoms. The lowest BCUT2D eigenvalue weighted by molar-refractivity contribution is -0.274. The second kappa shape index (κ2) is 10.3. The van der Waals surface area contributed by atoms with Crippen molar-refractivity contribution in [2.45, 2.75) is 64.9 Å². The van der Waals surface area contributed by atoms with E-state index in [-0.39, 0.29) is 5.75 Å². The minimum atomic E-state index is -4.74. The van der Waals surface area contributed by atoms with Gasteiger partial charge in [-0.15, -0.1) is 13.2 Å². The third-order valence-electron chi connectivity index (χ3n) is 6.60. The number of aryl methyl sites for hydroxylation is 1. The largest absolute Gasteiger partial charge is 0.573 e.